The average Bonchev–Trinajstić information content (AvgIpc) is 2.74. The summed E-state index contributed by atoms with van der Waals surface area (Å²) >= 11 is 0.510. The van der Waals surface area contributed by atoms with Crippen molar-refractivity contribution < 1.29 is 19.9 Å². The monoisotopic (exact) mass is 478 g/mol. The van der Waals surface area contributed by atoms with Gasteiger partial charge in [0.2, 0.25) is 0 Å². The van der Waals surface area contributed by atoms with E-state index in [0.29, 0.717) is 27.1 Å². The molecule has 154 valence electrons. The number of phenolic OH excluding ortho intramolecular Hbond substituents is 1. The molecule has 0 spiro atoms. The van der Waals surface area contributed by atoms with Gasteiger partial charge in [-0.2, -0.15) is 0 Å². The van der Waals surface area contributed by atoms with Gasteiger partial charge in [0.05, 0.1) is 26.9 Å². The fourth-order valence-corrected chi connectivity index (χ4v) is 3.88. The van der Waals surface area contributed by atoms with Gasteiger partial charge in [-0.1, -0.05) is 0 Å². The van der Waals surface area contributed by atoms with Gasteiger partial charge >= 0.3 is 102 Å². The third-order valence-corrected chi connectivity index (χ3v) is 5.71. The molecule has 0 atom stereocenters. The van der Waals surface area contributed by atoms with Gasteiger partial charge in [0.15, 0.2) is 0 Å². The van der Waals surface area contributed by atoms with Gasteiger partial charge in [0.25, 0.3) is 11.4 Å². The molecule has 11 nitrogen and oxygen atoms in total. The van der Waals surface area contributed by atoms with E-state index in [0.717, 1.165) is 5.32 Å². The van der Waals surface area contributed by atoms with E-state index in [1.165, 1.54) is 10.2 Å². The number of non-ortho nitro benzene ring substituents is 1. The second-order valence-electron chi connectivity index (χ2n) is 5.53. The first-order chi connectivity index (χ1) is 14.3. The van der Waals surface area contributed by atoms with Crippen LogP contribution in [0, 0.1) is 30.3 Å². The Morgan fingerprint density at radius 1 is 0.833 bits per heavy atom. The minimum absolute atomic E-state index is 0.447. The summed E-state index contributed by atoms with van der Waals surface area (Å²) in [5.74, 6) is -1.21. The number of nitro benzene ring substituents is 3. The van der Waals surface area contributed by atoms with Crippen molar-refractivity contribution in [2.24, 2.45) is 0 Å². The van der Waals surface area contributed by atoms with Crippen LogP contribution >= 0.6 is 0 Å². The van der Waals surface area contributed by atoms with Crippen molar-refractivity contribution in [1.29, 1.82) is 0 Å². The topological polar surface area (TPSA) is 163 Å². The van der Waals surface area contributed by atoms with Crippen LogP contribution in [0.15, 0.2) is 66.9 Å². The van der Waals surface area contributed by atoms with Crippen molar-refractivity contribution in [2.75, 3.05) is 0 Å². The Hall–Kier alpha value is -3.89. The van der Waals surface area contributed by atoms with Crippen LogP contribution < -0.4 is 4.46 Å². The summed E-state index contributed by atoms with van der Waals surface area (Å²) in [7, 11) is 0. The number of pyridine rings is 1. The number of aromatic nitrogens is 1. The molecule has 3 rings (SSSR count). The molecule has 3 aromatic rings. The molecular weight excluding hydrogens is 463 g/mol. The van der Waals surface area contributed by atoms with Crippen molar-refractivity contribution >= 4 is 36.5 Å². The SMILES string of the molecule is O=[N+]([O-])c1cc([N+](=O)[O-])c(O)c([N+](=O)[O-])c1.c1ccc([Se]Cc2ccccn2)cc1. The first kappa shape index (κ1) is 22.4. The summed E-state index contributed by atoms with van der Waals surface area (Å²) in [4.78, 5) is 32.1. The van der Waals surface area contributed by atoms with Crippen LogP contribution in [-0.4, -0.2) is 39.8 Å². The predicted octanol–water partition coefficient (Wildman–Crippen LogP) is 2.73. The molecule has 0 unspecified atom stereocenters. The molecule has 12 heteroatoms. The number of hydrogen-bond donors (Lipinski definition) is 1. The Balaban J connectivity index is 0.000000215. The van der Waals surface area contributed by atoms with Crippen LogP contribution in [0.5, 0.6) is 5.75 Å². The Labute approximate surface area is 175 Å². The van der Waals surface area contributed by atoms with Crippen molar-refractivity contribution in [3.05, 3.63) is 103 Å². The summed E-state index contributed by atoms with van der Waals surface area (Å²) in [6.07, 6.45) is 1.86. The number of aromatic hydroxyl groups is 1. The van der Waals surface area contributed by atoms with Crippen LogP contribution in [0.25, 0.3) is 0 Å². The van der Waals surface area contributed by atoms with Crippen LogP contribution in [-0.2, 0) is 5.32 Å². The molecule has 0 amide bonds. The normalized spacial score (nSPS) is 9.87. The number of nitro groups is 3. The van der Waals surface area contributed by atoms with Crippen LogP contribution in [0.2, 0.25) is 0 Å². The molecule has 1 N–H and O–H groups in total. The Morgan fingerprint density at radius 2 is 1.40 bits per heavy atom. The molecular formula is C18H14N4O7Se. The molecule has 0 fully saturated rings. The summed E-state index contributed by atoms with van der Waals surface area (Å²) in [6, 6.07) is 17.6. The molecule has 0 saturated heterocycles. The first-order valence-corrected chi connectivity index (χ1v) is 10.2. The second kappa shape index (κ2) is 10.6. The zero-order chi connectivity index (χ0) is 22.1. The Bertz CT molecular complexity index is 974. The van der Waals surface area contributed by atoms with Gasteiger partial charge in [-0.15, -0.1) is 0 Å². The van der Waals surface area contributed by atoms with E-state index in [9.17, 15) is 30.3 Å². The summed E-state index contributed by atoms with van der Waals surface area (Å²) in [6.45, 7) is 0. The summed E-state index contributed by atoms with van der Waals surface area (Å²) in [5.41, 5.74) is -1.81. The van der Waals surface area contributed by atoms with Gasteiger partial charge in [-0.05, 0) is 0 Å². The quantitative estimate of drug-likeness (QED) is 0.322. The maximum atomic E-state index is 10.4. The number of rotatable bonds is 6. The molecule has 0 aliphatic carbocycles. The van der Waals surface area contributed by atoms with Crippen molar-refractivity contribution in [2.45, 2.75) is 5.32 Å². The summed E-state index contributed by atoms with van der Waals surface area (Å²) in [5, 5.41) is 41.3. The Kier molecular flexibility index (Phi) is 7.91. The zero-order valence-electron chi connectivity index (χ0n) is 15.2. The zero-order valence-corrected chi connectivity index (χ0v) is 16.9. The van der Waals surface area contributed by atoms with Crippen LogP contribution in [0.1, 0.15) is 5.69 Å². The minimum atomic E-state index is -1.21. The first-order valence-electron chi connectivity index (χ1n) is 8.17. The van der Waals surface area contributed by atoms with E-state index in [-0.39, 0.29) is 0 Å². The van der Waals surface area contributed by atoms with Crippen molar-refractivity contribution in [3.63, 3.8) is 0 Å². The number of hydrogen-bond acceptors (Lipinski definition) is 8. The number of benzene rings is 2. The number of phenols is 1. The standard InChI is InChI=1S/C12H11NSe.C6H3N3O7/c1-2-7-12(8-3-1)14-10-11-6-4-5-9-13-11;10-6-4(8(13)14)1-3(7(11)12)2-5(6)9(15)16/h1-9H,10H2;1-2,10H. The van der Waals surface area contributed by atoms with Gasteiger partial charge in [0.1, 0.15) is 0 Å². The second-order valence-corrected chi connectivity index (χ2v) is 7.73. The summed E-state index contributed by atoms with van der Waals surface area (Å²) < 4.78 is 1.44. The maximum absolute atomic E-state index is 10.4. The number of nitrogens with zero attached hydrogens (tertiary/aromatic N) is 4. The van der Waals surface area contributed by atoms with Crippen molar-refractivity contribution in [1.82, 2.24) is 4.98 Å². The average molecular weight is 477 g/mol. The van der Waals surface area contributed by atoms with Gasteiger partial charge in [0, 0.05) is 0 Å². The molecule has 0 saturated carbocycles. The van der Waals surface area contributed by atoms with Gasteiger partial charge in [-0.3, -0.25) is 30.3 Å². The molecule has 30 heavy (non-hydrogen) atoms. The van der Waals surface area contributed by atoms with Crippen LogP contribution in [0.3, 0.4) is 0 Å². The van der Waals surface area contributed by atoms with Crippen molar-refractivity contribution in [3.8, 4) is 5.75 Å². The molecule has 0 bridgehead atoms. The fourth-order valence-electron chi connectivity index (χ4n) is 2.13. The predicted molar refractivity (Wildman–Crippen MR) is 108 cm³/mol. The Morgan fingerprint density at radius 3 is 1.87 bits per heavy atom. The van der Waals surface area contributed by atoms with E-state index >= 15 is 0 Å². The fraction of sp³-hybridized carbons (Fsp3) is 0.0556. The third-order valence-electron chi connectivity index (χ3n) is 3.51. The van der Waals surface area contributed by atoms with Crippen LogP contribution in [0.4, 0.5) is 17.1 Å². The van der Waals surface area contributed by atoms with E-state index < -0.39 is 37.6 Å². The molecule has 0 radical (unpaired) electrons. The van der Waals surface area contributed by atoms with E-state index in [1.54, 1.807) is 0 Å². The van der Waals surface area contributed by atoms with E-state index in [4.69, 9.17) is 5.11 Å². The molecule has 0 aliphatic rings. The van der Waals surface area contributed by atoms with E-state index in [2.05, 4.69) is 41.4 Å². The van der Waals surface area contributed by atoms with Gasteiger partial charge < -0.3 is 5.11 Å². The van der Waals surface area contributed by atoms with E-state index in [1.807, 2.05) is 18.3 Å². The molecule has 0 aliphatic heterocycles. The molecule has 2 aromatic carbocycles. The molecule has 1 aromatic heterocycles. The van der Waals surface area contributed by atoms with Gasteiger partial charge in [-0.25, -0.2) is 0 Å². The third kappa shape index (κ3) is 6.33. The molecule has 1 heterocycles.